The monoisotopic (exact) mass is 359 g/mol. The van der Waals surface area contributed by atoms with E-state index in [4.69, 9.17) is 0 Å². The van der Waals surface area contributed by atoms with Crippen LogP contribution in [0.1, 0.15) is 32.4 Å². The van der Waals surface area contributed by atoms with Gasteiger partial charge in [0.1, 0.15) is 5.82 Å². The number of nitrogens with zero attached hydrogens (tertiary/aromatic N) is 3. The Labute approximate surface area is 150 Å². The Hall–Kier alpha value is -2.21. The number of hydrogen-bond acceptors (Lipinski definition) is 3. The van der Waals surface area contributed by atoms with Crippen molar-refractivity contribution in [2.75, 3.05) is 13.1 Å². The van der Waals surface area contributed by atoms with Gasteiger partial charge >= 0.3 is 0 Å². The predicted octanol–water partition coefficient (Wildman–Crippen LogP) is 4.39. The quantitative estimate of drug-likeness (QED) is 0.627. The minimum absolute atomic E-state index is 0.200. The molecule has 0 aliphatic rings. The first-order chi connectivity index (χ1) is 12.1. The average Bonchev–Trinajstić information content (AvgIpc) is 3.19. The normalized spacial score (nSPS) is 11.2. The molecule has 0 bridgehead atoms. The van der Waals surface area contributed by atoms with Crippen LogP contribution in [0.4, 0.5) is 4.39 Å². The van der Waals surface area contributed by atoms with Crippen molar-refractivity contribution >= 4 is 22.2 Å². The Morgan fingerprint density at radius 3 is 2.68 bits per heavy atom. The van der Waals surface area contributed by atoms with Crippen LogP contribution in [0.5, 0.6) is 0 Å². The van der Waals surface area contributed by atoms with Crippen LogP contribution in [0.15, 0.2) is 35.8 Å². The fourth-order valence-corrected chi connectivity index (χ4v) is 3.78. The first-order valence-electron chi connectivity index (χ1n) is 8.61. The summed E-state index contributed by atoms with van der Waals surface area (Å²) in [5.41, 5.74) is 2.88. The number of rotatable bonds is 7. The van der Waals surface area contributed by atoms with Gasteiger partial charge in [-0.25, -0.2) is 9.37 Å². The number of benzene rings is 1. The van der Waals surface area contributed by atoms with E-state index in [1.807, 2.05) is 18.0 Å². The molecule has 0 N–H and O–H groups in total. The summed E-state index contributed by atoms with van der Waals surface area (Å²) in [6.45, 7) is 5.50. The van der Waals surface area contributed by atoms with E-state index in [1.54, 1.807) is 23.5 Å². The summed E-state index contributed by atoms with van der Waals surface area (Å²) in [5.74, 6) is -0.0481. The fourth-order valence-electron chi connectivity index (χ4n) is 2.87. The van der Waals surface area contributed by atoms with Gasteiger partial charge in [-0.3, -0.25) is 9.20 Å². The first kappa shape index (κ1) is 17.6. The molecule has 3 aromatic rings. The van der Waals surface area contributed by atoms with Gasteiger partial charge in [0, 0.05) is 48.8 Å². The summed E-state index contributed by atoms with van der Waals surface area (Å²) in [6.07, 6.45) is 4.29. The molecule has 0 saturated carbocycles. The van der Waals surface area contributed by atoms with Gasteiger partial charge in [-0.05, 0) is 30.7 Å². The van der Waals surface area contributed by atoms with Crippen molar-refractivity contribution in [3.63, 3.8) is 0 Å². The molecule has 0 radical (unpaired) electrons. The van der Waals surface area contributed by atoms with Crippen molar-refractivity contribution < 1.29 is 9.18 Å². The van der Waals surface area contributed by atoms with E-state index >= 15 is 0 Å². The van der Waals surface area contributed by atoms with Gasteiger partial charge in [0.2, 0.25) is 5.91 Å². The fraction of sp³-hybridized carbons (Fsp3) is 0.368. The molecule has 132 valence electrons. The molecular weight excluding hydrogens is 337 g/mol. The zero-order valence-electron chi connectivity index (χ0n) is 14.5. The number of halogens is 1. The van der Waals surface area contributed by atoms with E-state index in [0.29, 0.717) is 6.42 Å². The van der Waals surface area contributed by atoms with Crippen molar-refractivity contribution in [2.45, 2.75) is 33.1 Å². The number of thiazole rings is 1. The molecule has 0 aliphatic heterocycles. The van der Waals surface area contributed by atoms with Gasteiger partial charge in [0.25, 0.3) is 0 Å². The van der Waals surface area contributed by atoms with Crippen molar-refractivity contribution in [1.82, 2.24) is 14.3 Å². The molecule has 2 aromatic heterocycles. The summed E-state index contributed by atoms with van der Waals surface area (Å²) >= 11 is 1.59. The molecule has 3 rings (SSSR count). The van der Waals surface area contributed by atoms with Crippen LogP contribution in [0.3, 0.4) is 0 Å². The molecule has 25 heavy (non-hydrogen) atoms. The Kier molecular flexibility index (Phi) is 5.48. The summed E-state index contributed by atoms with van der Waals surface area (Å²) in [6, 6.07) is 6.38. The van der Waals surface area contributed by atoms with Gasteiger partial charge in [-0.1, -0.05) is 13.8 Å². The molecule has 0 fully saturated rings. The minimum Gasteiger partial charge on any atom is -0.342 e. The lowest BCUT2D eigenvalue weighted by Crippen LogP contribution is -2.33. The molecule has 1 aromatic carbocycles. The number of carbonyl (C=O) groups excluding carboxylic acids is 1. The Bertz CT molecular complexity index is 853. The number of imidazole rings is 1. The van der Waals surface area contributed by atoms with Crippen molar-refractivity contribution in [1.29, 1.82) is 0 Å². The lowest BCUT2D eigenvalue weighted by atomic mass is 10.2. The van der Waals surface area contributed by atoms with Crippen LogP contribution in [0, 0.1) is 5.82 Å². The molecule has 2 heterocycles. The van der Waals surface area contributed by atoms with E-state index in [-0.39, 0.29) is 11.7 Å². The van der Waals surface area contributed by atoms with Crippen molar-refractivity contribution in [2.24, 2.45) is 0 Å². The van der Waals surface area contributed by atoms with Gasteiger partial charge in [0.05, 0.1) is 5.69 Å². The summed E-state index contributed by atoms with van der Waals surface area (Å²) in [5, 5.41) is 2.09. The second kappa shape index (κ2) is 7.78. The first-order valence-corrected chi connectivity index (χ1v) is 9.49. The van der Waals surface area contributed by atoms with Crippen LogP contribution < -0.4 is 0 Å². The van der Waals surface area contributed by atoms with Crippen LogP contribution in [0.25, 0.3) is 16.2 Å². The van der Waals surface area contributed by atoms with Gasteiger partial charge < -0.3 is 4.90 Å². The van der Waals surface area contributed by atoms with Gasteiger partial charge in [-0.2, -0.15) is 0 Å². The lowest BCUT2D eigenvalue weighted by Gasteiger charge is -2.21. The maximum atomic E-state index is 13.1. The van der Waals surface area contributed by atoms with Crippen molar-refractivity contribution in [3.05, 3.63) is 47.4 Å². The Morgan fingerprint density at radius 1 is 1.24 bits per heavy atom. The maximum absolute atomic E-state index is 13.1. The molecule has 0 spiro atoms. The second-order valence-corrected chi connectivity index (χ2v) is 6.83. The van der Waals surface area contributed by atoms with E-state index in [0.717, 1.165) is 47.8 Å². The number of aromatic nitrogens is 2. The van der Waals surface area contributed by atoms with Gasteiger partial charge in [0.15, 0.2) is 4.96 Å². The topological polar surface area (TPSA) is 37.6 Å². The summed E-state index contributed by atoms with van der Waals surface area (Å²) < 4.78 is 15.2. The van der Waals surface area contributed by atoms with Crippen LogP contribution in [-0.2, 0) is 11.2 Å². The lowest BCUT2D eigenvalue weighted by molar-refractivity contribution is -0.130. The molecule has 0 unspecified atom stereocenters. The Balaban J connectivity index is 1.78. The molecule has 4 nitrogen and oxygen atoms in total. The molecule has 0 aliphatic carbocycles. The third-order valence-corrected chi connectivity index (χ3v) is 5.10. The van der Waals surface area contributed by atoms with E-state index in [9.17, 15) is 9.18 Å². The predicted molar refractivity (Wildman–Crippen MR) is 99.3 cm³/mol. The number of amides is 1. The van der Waals surface area contributed by atoms with Gasteiger partial charge in [-0.15, -0.1) is 11.3 Å². The van der Waals surface area contributed by atoms with Crippen molar-refractivity contribution in [3.8, 4) is 11.3 Å². The van der Waals surface area contributed by atoms with E-state index in [2.05, 4.69) is 21.7 Å². The highest BCUT2D eigenvalue weighted by atomic mass is 32.1. The molecular formula is C19H22FN3OS. The zero-order chi connectivity index (χ0) is 17.8. The SMILES string of the molecule is CCCN(CCc1csc2nc(-c3ccc(F)cc3)cn12)C(=O)CC. The summed E-state index contributed by atoms with van der Waals surface area (Å²) in [4.78, 5) is 19.5. The molecule has 0 atom stereocenters. The standard InChI is InChI=1S/C19H22FN3OS/c1-3-10-22(18(24)4-2)11-9-16-13-25-19-21-17(12-23(16)19)14-5-7-15(20)8-6-14/h5-8,12-13H,3-4,9-11H2,1-2H3. The smallest absolute Gasteiger partial charge is 0.222 e. The Morgan fingerprint density at radius 2 is 2.00 bits per heavy atom. The number of fused-ring (bicyclic) bond motifs is 1. The highest BCUT2D eigenvalue weighted by molar-refractivity contribution is 7.15. The molecule has 1 amide bonds. The second-order valence-electron chi connectivity index (χ2n) is 6.00. The molecule has 6 heteroatoms. The average molecular weight is 359 g/mol. The number of carbonyl (C=O) groups is 1. The third kappa shape index (κ3) is 3.90. The van der Waals surface area contributed by atoms with Crippen LogP contribution in [0.2, 0.25) is 0 Å². The van der Waals surface area contributed by atoms with Crippen LogP contribution in [-0.4, -0.2) is 33.3 Å². The highest BCUT2D eigenvalue weighted by Gasteiger charge is 2.13. The molecule has 0 saturated heterocycles. The maximum Gasteiger partial charge on any atom is 0.222 e. The zero-order valence-corrected chi connectivity index (χ0v) is 15.4. The third-order valence-electron chi connectivity index (χ3n) is 4.21. The van der Waals surface area contributed by atoms with Crippen LogP contribution >= 0.6 is 11.3 Å². The summed E-state index contributed by atoms with van der Waals surface area (Å²) in [7, 11) is 0. The van der Waals surface area contributed by atoms with E-state index < -0.39 is 0 Å². The largest absolute Gasteiger partial charge is 0.342 e. The minimum atomic E-state index is -0.248. The van der Waals surface area contributed by atoms with E-state index in [1.165, 1.54) is 12.1 Å². The number of hydrogen-bond donors (Lipinski definition) is 0. The highest BCUT2D eigenvalue weighted by Crippen LogP contribution is 2.24.